The molecule has 6 nitrogen and oxygen atoms in total. The van der Waals surface area contributed by atoms with Gasteiger partial charge in [0.1, 0.15) is 17.2 Å². The molecular formula is C18H20FN3O3. The van der Waals surface area contributed by atoms with E-state index >= 15 is 0 Å². The maximum Gasteiger partial charge on any atom is 0.343 e. The van der Waals surface area contributed by atoms with Crippen molar-refractivity contribution in [3.05, 3.63) is 47.4 Å². The summed E-state index contributed by atoms with van der Waals surface area (Å²) in [6.07, 6.45) is 3.65. The zero-order valence-electron chi connectivity index (χ0n) is 14.2. The van der Waals surface area contributed by atoms with Crippen LogP contribution >= 0.6 is 0 Å². The Kier molecular flexibility index (Phi) is 4.57. The van der Waals surface area contributed by atoms with Crippen LogP contribution in [0.15, 0.2) is 30.5 Å². The summed E-state index contributed by atoms with van der Waals surface area (Å²) in [5.74, 6) is -0.790. The van der Waals surface area contributed by atoms with Crippen LogP contribution < -0.4 is 5.32 Å². The van der Waals surface area contributed by atoms with E-state index in [2.05, 4.69) is 10.4 Å². The Bertz CT molecular complexity index is 794. The highest BCUT2D eigenvalue weighted by atomic mass is 19.1. The topological polar surface area (TPSA) is 73.2 Å². The van der Waals surface area contributed by atoms with Crippen LogP contribution in [0.1, 0.15) is 42.1 Å². The number of rotatable bonds is 5. The number of nitrogens with zero attached hydrogens (tertiary/aromatic N) is 2. The zero-order valence-corrected chi connectivity index (χ0v) is 14.2. The van der Waals surface area contributed by atoms with Crippen molar-refractivity contribution in [2.24, 2.45) is 7.05 Å². The molecule has 1 amide bonds. The van der Waals surface area contributed by atoms with Gasteiger partial charge >= 0.3 is 5.97 Å². The summed E-state index contributed by atoms with van der Waals surface area (Å²) in [5.41, 5.74) is 0.285. The lowest BCUT2D eigenvalue weighted by molar-refractivity contribution is -0.124. The molecule has 1 aliphatic carbocycles. The van der Waals surface area contributed by atoms with Crippen molar-refractivity contribution in [2.45, 2.75) is 31.6 Å². The van der Waals surface area contributed by atoms with Gasteiger partial charge in [-0.1, -0.05) is 18.6 Å². The molecule has 2 aromatic rings. The highest BCUT2D eigenvalue weighted by molar-refractivity contribution is 6.04. The molecule has 0 bridgehead atoms. The normalized spacial score (nSPS) is 15.3. The standard InChI is InChI=1S/C18H20FN3O3/c1-3-25-16(23)14-11-20-22(2)15(14)21-17(24)18(9-4-10-18)12-5-7-13(19)8-6-12/h5-8,11H,3-4,9-10H2,1-2H3,(H,21,24). The number of carbonyl (C=O) groups is 2. The average molecular weight is 345 g/mol. The van der Waals surface area contributed by atoms with Gasteiger partial charge in [0.05, 0.1) is 18.2 Å². The van der Waals surface area contributed by atoms with Gasteiger partial charge in [-0.2, -0.15) is 5.10 Å². The van der Waals surface area contributed by atoms with Gasteiger partial charge in [0.25, 0.3) is 0 Å². The fourth-order valence-corrected chi connectivity index (χ4v) is 3.12. The Morgan fingerprint density at radius 3 is 2.56 bits per heavy atom. The second kappa shape index (κ2) is 6.66. The Balaban J connectivity index is 1.88. The maximum absolute atomic E-state index is 13.2. The molecule has 0 spiro atoms. The molecule has 0 atom stereocenters. The average Bonchev–Trinajstić information content (AvgIpc) is 2.89. The van der Waals surface area contributed by atoms with Crippen molar-refractivity contribution >= 4 is 17.7 Å². The Hall–Kier alpha value is -2.70. The molecule has 0 aliphatic heterocycles. The number of halogens is 1. The Labute approximate surface area is 145 Å². The number of ether oxygens (including phenoxy) is 1. The van der Waals surface area contributed by atoms with Crippen molar-refractivity contribution in [3.63, 3.8) is 0 Å². The van der Waals surface area contributed by atoms with Crippen molar-refractivity contribution < 1.29 is 18.7 Å². The number of carbonyl (C=O) groups excluding carboxylic acids is 2. The molecule has 25 heavy (non-hydrogen) atoms. The first-order chi connectivity index (χ1) is 12.0. The quantitative estimate of drug-likeness (QED) is 0.846. The van der Waals surface area contributed by atoms with Crippen molar-refractivity contribution in [3.8, 4) is 0 Å². The summed E-state index contributed by atoms with van der Waals surface area (Å²) in [4.78, 5) is 25.0. The minimum atomic E-state index is -0.704. The van der Waals surface area contributed by atoms with Gasteiger partial charge in [0.15, 0.2) is 0 Å². The van der Waals surface area contributed by atoms with E-state index in [1.54, 1.807) is 26.1 Å². The first kappa shape index (κ1) is 17.1. The first-order valence-corrected chi connectivity index (χ1v) is 8.24. The molecule has 3 rings (SSSR count). The summed E-state index contributed by atoms with van der Waals surface area (Å²) in [6, 6.07) is 6.00. The third-order valence-corrected chi connectivity index (χ3v) is 4.70. The van der Waals surface area contributed by atoms with Gasteiger partial charge in [0.2, 0.25) is 5.91 Å². The highest BCUT2D eigenvalue weighted by Crippen LogP contribution is 2.44. The van der Waals surface area contributed by atoms with Crippen molar-refractivity contribution in [1.29, 1.82) is 0 Å². The van der Waals surface area contributed by atoms with E-state index < -0.39 is 11.4 Å². The van der Waals surface area contributed by atoms with Gasteiger partial charge in [-0.05, 0) is 37.5 Å². The summed E-state index contributed by atoms with van der Waals surface area (Å²) < 4.78 is 19.6. The van der Waals surface area contributed by atoms with Crippen LogP contribution in [0.4, 0.5) is 10.2 Å². The van der Waals surface area contributed by atoms with E-state index in [0.717, 1.165) is 12.0 Å². The summed E-state index contributed by atoms with van der Waals surface area (Å²) >= 11 is 0. The van der Waals surface area contributed by atoms with Gasteiger partial charge in [-0.25, -0.2) is 9.18 Å². The zero-order chi connectivity index (χ0) is 18.0. The predicted molar refractivity (Wildman–Crippen MR) is 89.7 cm³/mol. The van der Waals surface area contributed by atoms with Gasteiger partial charge in [-0.15, -0.1) is 0 Å². The molecule has 0 saturated heterocycles. The third kappa shape index (κ3) is 3.01. The number of aryl methyl sites for hydroxylation is 1. The van der Waals surface area contributed by atoms with Crippen molar-refractivity contribution in [2.75, 3.05) is 11.9 Å². The molecular weight excluding hydrogens is 325 g/mol. The number of esters is 1. The molecule has 1 aromatic carbocycles. The molecule has 1 N–H and O–H groups in total. The number of hydrogen-bond acceptors (Lipinski definition) is 4. The van der Waals surface area contributed by atoms with Crippen LogP contribution in [0, 0.1) is 5.82 Å². The van der Waals surface area contributed by atoms with Gasteiger partial charge in [0, 0.05) is 7.05 Å². The number of anilines is 1. The SMILES string of the molecule is CCOC(=O)c1cnn(C)c1NC(=O)C1(c2ccc(F)cc2)CCC1. The molecule has 0 radical (unpaired) electrons. The highest BCUT2D eigenvalue weighted by Gasteiger charge is 2.46. The molecule has 1 fully saturated rings. The van der Waals surface area contributed by atoms with Crippen LogP contribution in [0.25, 0.3) is 0 Å². The minimum absolute atomic E-state index is 0.214. The van der Waals surface area contributed by atoms with Crippen LogP contribution in [0.3, 0.4) is 0 Å². The van der Waals surface area contributed by atoms with Crippen LogP contribution in [0.5, 0.6) is 0 Å². The van der Waals surface area contributed by atoms with Gasteiger partial charge < -0.3 is 10.1 Å². The Morgan fingerprint density at radius 1 is 1.32 bits per heavy atom. The molecule has 7 heteroatoms. The number of nitrogens with one attached hydrogen (secondary N) is 1. The second-order valence-corrected chi connectivity index (χ2v) is 6.15. The first-order valence-electron chi connectivity index (χ1n) is 8.24. The van der Waals surface area contributed by atoms with Crippen LogP contribution in [0.2, 0.25) is 0 Å². The van der Waals surface area contributed by atoms with Crippen LogP contribution in [-0.4, -0.2) is 28.3 Å². The molecule has 1 aliphatic rings. The van der Waals surface area contributed by atoms with E-state index in [0.29, 0.717) is 18.7 Å². The fraction of sp³-hybridized carbons (Fsp3) is 0.389. The monoisotopic (exact) mass is 345 g/mol. The molecule has 1 saturated carbocycles. The molecule has 1 heterocycles. The van der Waals surface area contributed by atoms with Crippen LogP contribution in [-0.2, 0) is 22.0 Å². The lowest BCUT2D eigenvalue weighted by Crippen LogP contribution is -2.46. The molecule has 1 aromatic heterocycles. The summed E-state index contributed by atoms with van der Waals surface area (Å²) in [7, 11) is 1.64. The molecule has 0 unspecified atom stereocenters. The fourth-order valence-electron chi connectivity index (χ4n) is 3.12. The Morgan fingerprint density at radius 2 is 2.00 bits per heavy atom. The largest absolute Gasteiger partial charge is 0.462 e. The third-order valence-electron chi connectivity index (χ3n) is 4.70. The molecule has 132 valence electrons. The number of amides is 1. The lowest BCUT2D eigenvalue weighted by atomic mass is 9.64. The lowest BCUT2D eigenvalue weighted by Gasteiger charge is -2.40. The predicted octanol–water partition coefficient (Wildman–Crippen LogP) is 2.80. The van der Waals surface area contributed by atoms with Crippen molar-refractivity contribution in [1.82, 2.24) is 9.78 Å². The number of benzene rings is 1. The summed E-state index contributed by atoms with van der Waals surface area (Å²) in [5, 5.41) is 6.86. The summed E-state index contributed by atoms with van der Waals surface area (Å²) in [6.45, 7) is 1.95. The van der Waals surface area contributed by atoms with E-state index in [1.807, 2.05) is 0 Å². The number of hydrogen-bond donors (Lipinski definition) is 1. The smallest absolute Gasteiger partial charge is 0.343 e. The maximum atomic E-state index is 13.2. The van der Waals surface area contributed by atoms with E-state index in [1.165, 1.54) is 23.0 Å². The number of aromatic nitrogens is 2. The second-order valence-electron chi connectivity index (χ2n) is 6.15. The van der Waals surface area contributed by atoms with E-state index in [9.17, 15) is 14.0 Å². The van der Waals surface area contributed by atoms with E-state index in [4.69, 9.17) is 4.74 Å². The van der Waals surface area contributed by atoms with Gasteiger partial charge in [-0.3, -0.25) is 9.48 Å². The minimum Gasteiger partial charge on any atom is -0.462 e. The van der Waals surface area contributed by atoms with E-state index in [-0.39, 0.29) is 23.9 Å².